The summed E-state index contributed by atoms with van der Waals surface area (Å²) in [5.41, 5.74) is 0.529. The van der Waals surface area contributed by atoms with Crippen LogP contribution >= 0.6 is 11.6 Å². The minimum Gasteiger partial charge on any atom is -0.274 e. The van der Waals surface area contributed by atoms with Crippen LogP contribution in [-0.2, 0) is 9.59 Å². The second kappa shape index (κ2) is 4.64. The van der Waals surface area contributed by atoms with E-state index >= 15 is 0 Å². The molecule has 2 fully saturated rings. The number of carbonyl (C=O) groups is 2. The molecule has 100 valence electrons. The van der Waals surface area contributed by atoms with Crippen LogP contribution in [0, 0.1) is 17.8 Å². The van der Waals surface area contributed by atoms with Crippen molar-refractivity contribution in [1.29, 1.82) is 0 Å². The van der Waals surface area contributed by atoms with Crippen molar-refractivity contribution in [1.82, 2.24) is 0 Å². The summed E-state index contributed by atoms with van der Waals surface area (Å²) in [7, 11) is 0. The number of imide groups is 1. The molecule has 4 heteroatoms. The molecule has 0 aromatic heterocycles. The number of halogens is 1. The zero-order chi connectivity index (χ0) is 13.6. The third-order valence-electron chi connectivity index (χ3n) is 4.28. The number of hydrogen-bond acceptors (Lipinski definition) is 2. The number of carbonyl (C=O) groups excluding carboxylic acids is 2. The molecular formula is C15H16ClNO2. The van der Waals surface area contributed by atoms with Gasteiger partial charge in [0.2, 0.25) is 11.8 Å². The van der Waals surface area contributed by atoms with E-state index in [4.69, 9.17) is 11.6 Å². The molecule has 2 aliphatic rings. The lowest BCUT2D eigenvalue weighted by Crippen LogP contribution is -2.31. The maximum atomic E-state index is 12.5. The summed E-state index contributed by atoms with van der Waals surface area (Å²) in [5.74, 6) is 0.0846. The number of rotatable bonds is 1. The molecule has 3 nitrogen and oxygen atoms in total. The third kappa shape index (κ3) is 1.96. The second-order valence-corrected chi connectivity index (χ2v) is 6.00. The molecule has 1 aliphatic heterocycles. The second-order valence-electron chi connectivity index (χ2n) is 5.59. The summed E-state index contributed by atoms with van der Waals surface area (Å²) in [5, 5.41) is 0.455. The highest BCUT2D eigenvalue weighted by Crippen LogP contribution is 2.43. The van der Waals surface area contributed by atoms with E-state index in [1.807, 2.05) is 0 Å². The van der Waals surface area contributed by atoms with Gasteiger partial charge in [0.05, 0.1) is 22.5 Å². The van der Waals surface area contributed by atoms with Crippen LogP contribution in [0.15, 0.2) is 24.3 Å². The molecular weight excluding hydrogens is 262 g/mol. The predicted molar refractivity (Wildman–Crippen MR) is 73.9 cm³/mol. The van der Waals surface area contributed by atoms with Crippen LogP contribution in [0.1, 0.15) is 26.2 Å². The molecule has 19 heavy (non-hydrogen) atoms. The van der Waals surface area contributed by atoms with Gasteiger partial charge >= 0.3 is 0 Å². The molecule has 3 atom stereocenters. The number of para-hydroxylation sites is 1. The average Bonchev–Trinajstić information content (AvgIpc) is 2.63. The molecule has 1 aromatic rings. The van der Waals surface area contributed by atoms with E-state index in [1.54, 1.807) is 24.3 Å². The maximum absolute atomic E-state index is 12.5. The molecule has 0 radical (unpaired) electrons. The quantitative estimate of drug-likeness (QED) is 0.739. The molecule has 0 bridgehead atoms. The monoisotopic (exact) mass is 277 g/mol. The van der Waals surface area contributed by atoms with E-state index in [9.17, 15) is 9.59 Å². The standard InChI is InChI=1S/C15H16ClNO2/c1-9-6-7-10-11(8-9)15(19)17(14(10)18)13-5-3-2-4-12(13)16/h2-5,9-11H,6-8H2,1H3. The van der Waals surface area contributed by atoms with E-state index < -0.39 is 0 Å². The highest BCUT2D eigenvalue weighted by molar-refractivity contribution is 6.36. The van der Waals surface area contributed by atoms with Gasteiger partial charge in [-0.25, -0.2) is 4.90 Å². The van der Waals surface area contributed by atoms with Crippen molar-refractivity contribution in [3.05, 3.63) is 29.3 Å². The summed E-state index contributed by atoms with van der Waals surface area (Å²) >= 11 is 6.11. The Kier molecular flexibility index (Phi) is 3.09. The summed E-state index contributed by atoms with van der Waals surface area (Å²) in [6.45, 7) is 2.14. The van der Waals surface area contributed by atoms with Crippen molar-refractivity contribution >= 4 is 29.1 Å². The average molecular weight is 278 g/mol. The Hall–Kier alpha value is -1.35. The van der Waals surface area contributed by atoms with Gasteiger partial charge in [-0.1, -0.05) is 30.7 Å². The lowest BCUT2D eigenvalue weighted by atomic mass is 9.76. The first-order valence-electron chi connectivity index (χ1n) is 6.72. The van der Waals surface area contributed by atoms with Crippen LogP contribution in [0.2, 0.25) is 5.02 Å². The molecule has 1 aromatic carbocycles. The van der Waals surface area contributed by atoms with Crippen LogP contribution in [0.25, 0.3) is 0 Å². The molecule has 1 saturated heterocycles. The van der Waals surface area contributed by atoms with Crippen LogP contribution in [0.3, 0.4) is 0 Å². The molecule has 0 N–H and O–H groups in total. The summed E-state index contributed by atoms with van der Waals surface area (Å²) < 4.78 is 0. The van der Waals surface area contributed by atoms with Crippen molar-refractivity contribution in [2.45, 2.75) is 26.2 Å². The van der Waals surface area contributed by atoms with E-state index in [-0.39, 0.29) is 23.7 Å². The van der Waals surface area contributed by atoms with Crippen molar-refractivity contribution in [3.63, 3.8) is 0 Å². The lowest BCUT2D eigenvalue weighted by molar-refractivity contribution is -0.122. The van der Waals surface area contributed by atoms with Gasteiger partial charge in [0.25, 0.3) is 0 Å². The predicted octanol–water partition coefficient (Wildman–Crippen LogP) is 3.27. The lowest BCUT2D eigenvalue weighted by Gasteiger charge is -2.25. The van der Waals surface area contributed by atoms with Gasteiger partial charge in [0, 0.05) is 0 Å². The fourth-order valence-electron chi connectivity index (χ4n) is 3.26. The Labute approximate surface area is 117 Å². The smallest absolute Gasteiger partial charge is 0.237 e. The number of benzene rings is 1. The van der Waals surface area contributed by atoms with Crippen molar-refractivity contribution in [2.75, 3.05) is 4.90 Å². The summed E-state index contributed by atoms with van der Waals surface area (Å²) in [6.07, 6.45) is 2.66. The summed E-state index contributed by atoms with van der Waals surface area (Å²) in [4.78, 5) is 26.3. The Morgan fingerprint density at radius 3 is 2.53 bits per heavy atom. The van der Waals surface area contributed by atoms with Gasteiger partial charge < -0.3 is 0 Å². The van der Waals surface area contributed by atoms with Gasteiger partial charge in [-0.05, 0) is 37.3 Å². The fourth-order valence-corrected chi connectivity index (χ4v) is 3.48. The number of fused-ring (bicyclic) bond motifs is 1. The number of anilines is 1. The molecule has 2 amide bonds. The van der Waals surface area contributed by atoms with Crippen molar-refractivity contribution in [2.24, 2.45) is 17.8 Å². The van der Waals surface area contributed by atoms with E-state index in [0.717, 1.165) is 19.3 Å². The Balaban J connectivity index is 1.98. The zero-order valence-electron chi connectivity index (χ0n) is 10.8. The number of nitrogens with zero attached hydrogens (tertiary/aromatic N) is 1. The topological polar surface area (TPSA) is 37.4 Å². The maximum Gasteiger partial charge on any atom is 0.237 e. The van der Waals surface area contributed by atoms with Gasteiger partial charge in [0.15, 0.2) is 0 Å². The largest absolute Gasteiger partial charge is 0.274 e. The molecule has 0 spiro atoms. The normalized spacial score (nSPS) is 30.6. The molecule has 1 aliphatic carbocycles. The van der Waals surface area contributed by atoms with Gasteiger partial charge in [-0.2, -0.15) is 0 Å². The SMILES string of the molecule is CC1CCC2C(=O)N(c3ccccc3Cl)C(=O)C2C1. The Morgan fingerprint density at radius 2 is 1.79 bits per heavy atom. The Bertz CT molecular complexity index is 543. The minimum absolute atomic E-state index is 0.0741. The van der Waals surface area contributed by atoms with E-state index in [0.29, 0.717) is 16.6 Å². The van der Waals surface area contributed by atoms with Crippen molar-refractivity contribution in [3.8, 4) is 0 Å². The molecule has 3 unspecified atom stereocenters. The van der Waals surface area contributed by atoms with E-state index in [2.05, 4.69) is 6.92 Å². The first-order valence-corrected chi connectivity index (χ1v) is 7.09. The van der Waals surface area contributed by atoms with Crippen LogP contribution in [-0.4, -0.2) is 11.8 Å². The van der Waals surface area contributed by atoms with Crippen LogP contribution < -0.4 is 4.90 Å². The fraction of sp³-hybridized carbons (Fsp3) is 0.467. The first kappa shape index (κ1) is 12.7. The summed E-state index contributed by atoms with van der Waals surface area (Å²) in [6, 6.07) is 7.04. The number of hydrogen-bond donors (Lipinski definition) is 0. The van der Waals surface area contributed by atoms with Gasteiger partial charge in [-0.15, -0.1) is 0 Å². The highest BCUT2D eigenvalue weighted by Gasteiger charge is 2.50. The first-order chi connectivity index (χ1) is 9.09. The van der Waals surface area contributed by atoms with Gasteiger partial charge in [-0.3, -0.25) is 9.59 Å². The molecule has 3 rings (SSSR count). The van der Waals surface area contributed by atoms with Gasteiger partial charge in [0.1, 0.15) is 0 Å². The molecule has 1 saturated carbocycles. The Morgan fingerprint density at radius 1 is 1.11 bits per heavy atom. The van der Waals surface area contributed by atoms with E-state index in [1.165, 1.54) is 4.90 Å². The van der Waals surface area contributed by atoms with Crippen LogP contribution in [0.5, 0.6) is 0 Å². The van der Waals surface area contributed by atoms with Crippen molar-refractivity contribution < 1.29 is 9.59 Å². The zero-order valence-corrected chi connectivity index (χ0v) is 11.6. The highest BCUT2D eigenvalue weighted by atomic mass is 35.5. The number of amides is 2. The third-order valence-corrected chi connectivity index (χ3v) is 4.60. The minimum atomic E-state index is -0.146. The van der Waals surface area contributed by atoms with Crippen LogP contribution in [0.4, 0.5) is 5.69 Å². The molecule has 1 heterocycles.